The number of anilines is 1. The first-order valence-electron chi connectivity index (χ1n) is 7.80. The molecule has 1 aromatic rings. The SMILES string of the molecule is BC(CNC(=O)OC(C)(C)C)c1c(Cl)ccc(CCCO)c1N. The number of benzene rings is 1. The maximum absolute atomic E-state index is 11.7. The van der Waals surface area contributed by atoms with Crippen LogP contribution < -0.4 is 11.1 Å². The molecular weight excluding hydrogens is 314 g/mol. The Morgan fingerprint density at radius 3 is 2.70 bits per heavy atom. The predicted molar refractivity (Wildman–Crippen MR) is 96.8 cm³/mol. The quantitative estimate of drug-likeness (QED) is 0.546. The van der Waals surface area contributed by atoms with Crippen LogP contribution in [0.25, 0.3) is 0 Å². The standard InChI is InChI=1S/C16H26BClN2O3/c1-16(2,3)23-15(22)20-9-11(17)13-12(18)7-6-10(14(13)19)5-4-8-21/h6-7,11,21H,4-5,8-9,17,19H2,1-3H3,(H,20,22). The average molecular weight is 341 g/mol. The van der Waals surface area contributed by atoms with Crippen molar-refractivity contribution in [1.29, 1.82) is 0 Å². The topological polar surface area (TPSA) is 84.6 Å². The molecule has 1 atom stereocenters. The van der Waals surface area contributed by atoms with Gasteiger partial charge < -0.3 is 20.9 Å². The number of hydrogen-bond acceptors (Lipinski definition) is 4. The summed E-state index contributed by atoms with van der Waals surface area (Å²) in [6.07, 6.45) is 0.879. The van der Waals surface area contributed by atoms with Crippen molar-refractivity contribution in [2.24, 2.45) is 0 Å². The van der Waals surface area contributed by atoms with Crippen LogP contribution >= 0.6 is 11.6 Å². The van der Waals surface area contributed by atoms with Crippen LogP contribution in [0.5, 0.6) is 0 Å². The second-order valence-corrected chi connectivity index (χ2v) is 7.05. The Bertz CT molecular complexity index is 547. The highest BCUT2D eigenvalue weighted by molar-refractivity contribution is 6.32. The summed E-state index contributed by atoms with van der Waals surface area (Å²) in [5.41, 5.74) is 8.10. The molecule has 0 spiro atoms. The molecule has 7 heteroatoms. The minimum atomic E-state index is -0.534. The number of nitrogen functional groups attached to an aromatic ring is 1. The van der Waals surface area contributed by atoms with Gasteiger partial charge in [0.15, 0.2) is 0 Å². The lowest BCUT2D eigenvalue weighted by molar-refractivity contribution is 0.0527. The number of nitrogens with one attached hydrogen (secondary N) is 1. The van der Waals surface area contributed by atoms with Crippen LogP contribution in [0.15, 0.2) is 12.1 Å². The Labute approximate surface area is 143 Å². The summed E-state index contributed by atoms with van der Waals surface area (Å²) in [7, 11) is 1.95. The van der Waals surface area contributed by atoms with Crippen LogP contribution in [-0.4, -0.2) is 37.8 Å². The van der Waals surface area contributed by atoms with Crippen LogP contribution in [0, 0.1) is 0 Å². The number of carbonyl (C=O) groups is 1. The molecule has 4 N–H and O–H groups in total. The lowest BCUT2D eigenvalue weighted by atomic mass is 9.79. The number of aryl methyl sites for hydroxylation is 1. The van der Waals surface area contributed by atoms with Crippen LogP contribution in [-0.2, 0) is 11.2 Å². The molecule has 0 aliphatic heterocycles. The van der Waals surface area contributed by atoms with E-state index < -0.39 is 11.7 Å². The van der Waals surface area contributed by atoms with Gasteiger partial charge in [-0.3, -0.25) is 0 Å². The minimum absolute atomic E-state index is 0.0518. The predicted octanol–water partition coefficient (Wildman–Crippen LogP) is 2.05. The van der Waals surface area contributed by atoms with E-state index in [0.29, 0.717) is 30.1 Å². The first-order valence-corrected chi connectivity index (χ1v) is 8.18. The van der Waals surface area contributed by atoms with Crippen LogP contribution in [0.4, 0.5) is 10.5 Å². The summed E-state index contributed by atoms with van der Waals surface area (Å²) < 4.78 is 5.22. The molecule has 0 aliphatic rings. The van der Waals surface area contributed by atoms with E-state index in [9.17, 15) is 4.79 Å². The number of nitrogens with two attached hydrogens (primary N) is 1. The van der Waals surface area contributed by atoms with Gasteiger partial charge in [-0.15, -0.1) is 0 Å². The second kappa shape index (κ2) is 8.46. The molecule has 1 aromatic carbocycles. The Kier molecular flexibility index (Phi) is 7.22. The third-order valence-corrected chi connectivity index (χ3v) is 3.70. The van der Waals surface area contributed by atoms with Gasteiger partial charge in [0.1, 0.15) is 13.4 Å². The van der Waals surface area contributed by atoms with Crippen LogP contribution in [0.1, 0.15) is 44.1 Å². The Morgan fingerprint density at radius 2 is 2.13 bits per heavy atom. The molecule has 1 amide bonds. The first kappa shape index (κ1) is 19.7. The van der Waals surface area contributed by atoms with Crippen molar-refractivity contribution in [1.82, 2.24) is 5.32 Å². The van der Waals surface area contributed by atoms with E-state index in [0.717, 1.165) is 11.1 Å². The highest BCUT2D eigenvalue weighted by Gasteiger charge is 2.19. The number of hydrogen-bond donors (Lipinski definition) is 3. The van der Waals surface area contributed by atoms with Gasteiger partial charge in [-0.1, -0.05) is 17.7 Å². The summed E-state index contributed by atoms with van der Waals surface area (Å²) in [6.45, 7) is 5.94. The summed E-state index contributed by atoms with van der Waals surface area (Å²) in [4.78, 5) is 11.7. The van der Waals surface area contributed by atoms with Crippen molar-refractivity contribution in [3.63, 3.8) is 0 Å². The van der Waals surface area contributed by atoms with Gasteiger partial charge in [-0.05, 0) is 56.6 Å². The van der Waals surface area contributed by atoms with E-state index in [1.165, 1.54) is 0 Å². The van der Waals surface area contributed by atoms with E-state index in [4.69, 9.17) is 27.2 Å². The van der Waals surface area contributed by atoms with Crippen molar-refractivity contribution >= 4 is 31.2 Å². The summed E-state index contributed by atoms with van der Waals surface area (Å²) in [5, 5.41) is 12.3. The Morgan fingerprint density at radius 1 is 1.48 bits per heavy atom. The second-order valence-electron chi connectivity index (χ2n) is 6.64. The molecule has 23 heavy (non-hydrogen) atoms. The van der Waals surface area contributed by atoms with Crippen molar-refractivity contribution in [3.8, 4) is 0 Å². The summed E-state index contributed by atoms with van der Waals surface area (Å²) >= 11 is 6.28. The normalized spacial score (nSPS) is 12.7. The van der Waals surface area contributed by atoms with Gasteiger partial charge in [0.25, 0.3) is 0 Å². The molecule has 1 rings (SSSR count). The minimum Gasteiger partial charge on any atom is -0.444 e. The van der Waals surface area contributed by atoms with E-state index in [-0.39, 0.29) is 12.4 Å². The summed E-state index contributed by atoms with van der Waals surface area (Å²) in [5.74, 6) is -0.0518. The molecule has 0 heterocycles. The fourth-order valence-electron chi connectivity index (χ4n) is 2.30. The summed E-state index contributed by atoms with van der Waals surface area (Å²) in [6, 6.07) is 3.69. The number of carbonyl (C=O) groups excluding carboxylic acids is 1. The monoisotopic (exact) mass is 340 g/mol. The first-order chi connectivity index (χ1) is 10.7. The molecule has 0 saturated carbocycles. The molecule has 0 aliphatic carbocycles. The Balaban J connectivity index is 2.79. The molecule has 0 bridgehead atoms. The molecule has 0 radical (unpaired) electrons. The van der Waals surface area contributed by atoms with Crippen molar-refractivity contribution in [2.45, 2.75) is 45.0 Å². The number of halogens is 1. The van der Waals surface area contributed by atoms with Gasteiger partial charge in [-0.25, -0.2) is 4.79 Å². The van der Waals surface area contributed by atoms with Crippen molar-refractivity contribution in [2.75, 3.05) is 18.9 Å². The van der Waals surface area contributed by atoms with E-state index >= 15 is 0 Å². The molecule has 1 unspecified atom stereocenters. The molecular formula is C16H26BClN2O3. The van der Waals surface area contributed by atoms with E-state index in [2.05, 4.69) is 5.32 Å². The van der Waals surface area contributed by atoms with Gasteiger partial charge in [0.05, 0.1) is 0 Å². The van der Waals surface area contributed by atoms with E-state index in [1.54, 1.807) is 0 Å². The van der Waals surface area contributed by atoms with Gasteiger partial charge >= 0.3 is 6.09 Å². The third kappa shape index (κ3) is 6.32. The zero-order chi connectivity index (χ0) is 17.6. The number of amides is 1. The molecule has 0 aromatic heterocycles. The number of aliphatic hydroxyl groups is 1. The Hall–Kier alpha value is -1.40. The maximum Gasteiger partial charge on any atom is 0.407 e. The number of ether oxygens (including phenoxy) is 1. The highest BCUT2D eigenvalue weighted by atomic mass is 35.5. The lowest BCUT2D eigenvalue weighted by Gasteiger charge is -2.22. The molecule has 5 nitrogen and oxygen atoms in total. The van der Waals surface area contributed by atoms with Gasteiger partial charge in [0, 0.05) is 23.9 Å². The third-order valence-electron chi connectivity index (χ3n) is 3.37. The fraction of sp³-hybridized carbons (Fsp3) is 0.562. The number of alkyl carbamates (subject to hydrolysis) is 1. The average Bonchev–Trinajstić information content (AvgIpc) is 2.42. The van der Waals surface area contributed by atoms with Gasteiger partial charge in [0.2, 0.25) is 0 Å². The number of aliphatic hydroxyl groups excluding tert-OH is 1. The van der Waals surface area contributed by atoms with Gasteiger partial charge in [-0.2, -0.15) is 0 Å². The van der Waals surface area contributed by atoms with E-state index in [1.807, 2.05) is 40.8 Å². The zero-order valence-corrected chi connectivity index (χ0v) is 15.0. The molecule has 128 valence electrons. The smallest absolute Gasteiger partial charge is 0.407 e. The lowest BCUT2D eigenvalue weighted by Crippen LogP contribution is -2.35. The molecule has 0 fully saturated rings. The maximum atomic E-state index is 11.7. The fourth-order valence-corrected chi connectivity index (χ4v) is 2.65. The van der Waals surface area contributed by atoms with Crippen LogP contribution in [0.2, 0.25) is 5.02 Å². The molecule has 0 saturated heterocycles. The highest BCUT2D eigenvalue weighted by Crippen LogP contribution is 2.31. The number of rotatable bonds is 6. The largest absolute Gasteiger partial charge is 0.444 e. The van der Waals surface area contributed by atoms with Crippen molar-refractivity contribution < 1.29 is 14.6 Å². The zero-order valence-electron chi connectivity index (χ0n) is 14.3. The van der Waals surface area contributed by atoms with Crippen LogP contribution in [0.3, 0.4) is 0 Å². The van der Waals surface area contributed by atoms with Crippen molar-refractivity contribution in [3.05, 3.63) is 28.3 Å².